The summed E-state index contributed by atoms with van der Waals surface area (Å²) in [5, 5.41) is 10.5. The molecule has 0 aliphatic heterocycles. The number of aryl methyl sites for hydroxylation is 2. The Balaban J connectivity index is 1.81. The Hall–Kier alpha value is -1.67. The van der Waals surface area contributed by atoms with Crippen LogP contribution >= 0.6 is 0 Å². The molecule has 0 bridgehead atoms. The van der Waals surface area contributed by atoms with E-state index >= 15 is 0 Å². The number of fused-ring (bicyclic) bond motifs is 1. The molecule has 2 aromatic carbocycles. The third-order valence-corrected chi connectivity index (χ3v) is 4.45. The lowest BCUT2D eigenvalue weighted by Gasteiger charge is -2.27. The van der Waals surface area contributed by atoms with E-state index in [0.29, 0.717) is 17.9 Å². The summed E-state index contributed by atoms with van der Waals surface area (Å²) in [5.41, 5.74) is 4.30. The van der Waals surface area contributed by atoms with E-state index in [9.17, 15) is 9.50 Å². The molecule has 0 amide bonds. The number of hydrogen-bond donors (Lipinski definition) is 1. The van der Waals surface area contributed by atoms with E-state index in [1.54, 1.807) is 0 Å². The first-order valence-electron chi connectivity index (χ1n) is 7.66. The number of aliphatic hydroxyl groups is 1. The summed E-state index contributed by atoms with van der Waals surface area (Å²) in [6.07, 6.45) is 3.45. The van der Waals surface area contributed by atoms with Crippen molar-refractivity contribution in [2.75, 3.05) is 0 Å². The van der Waals surface area contributed by atoms with Crippen molar-refractivity contribution in [3.63, 3.8) is 0 Å². The highest BCUT2D eigenvalue weighted by Gasteiger charge is 2.23. The Morgan fingerprint density at radius 3 is 2.86 bits per heavy atom. The van der Waals surface area contributed by atoms with Gasteiger partial charge in [-0.05, 0) is 72.9 Å². The lowest BCUT2D eigenvalue weighted by molar-refractivity contribution is 0.153. The molecule has 1 N–H and O–H groups in total. The third-order valence-electron chi connectivity index (χ3n) is 4.45. The number of benzene rings is 2. The van der Waals surface area contributed by atoms with Crippen LogP contribution in [0.25, 0.3) is 0 Å². The maximum absolute atomic E-state index is 13.5. The number of rotatable bonds is 3. The van der Waals surface area contributed by atoms with Crippen LogP contribution in [0.15, 0.2) is 42.5 Å². The van der Waals surface area contributed by atoms with Crippen LogP contribution in [0.1, 0.15) is 53.5 Å². The fourth-order valence-electron chi connectivity index (χ4n) is 3.46. The van der Waals surface area contributed by atoms with Crippen LogP contribution in [0, 0.1) is 12.7 Å². The minimum absolute atomic E-state index is 0.270. The predicted octanol–water partition coefficient (Wildman–Crippen LogP) is 4.68. The van der Waals surface area contributed by atoms with Crippen molar-refractivity contribution in [3.05, 3.63) is 70.5 Å². The van der Waals surface area contributed by atoms with Crippen LogP contribution in [0.3, 0.4) is 0 Å². The maximum Gasteiger partial charge on any atom is 0.123 e. The summed E-state index contributed by atoms with van der Waals surface area (Å²) in [6.45, 7) is 1.86. The third kappa shape index (κ3) is 3.16. The van der Waals surface area contributed by atoms with Crippen LogP contribution in [0.4, 0.5) is 4.39 Å². The van der Waals surface area contributed by atoms with Gasteiger partial charge in [0.05, 0.1) is 6.10 Å². The molecule has 3 rings (SSSR count). The standard InChI is InChI=1S/C19H21FO/c1-13-9-16(11-17(20)10-13)19(21)12-15-7-4-6-14-5-2-3-8-18(14)15/h2-3,5,8-11,15,19,21H,4,6-7,12H2,1H3. The maximum atomic E-state index is 13.5. The molecule has 21 heavy (non-hydrogen) atoms. The van der Waals surface area contributed by atoms with Gasteiger partial charge >= 0.3 is 0 Å². The van der Waals surface area contributed by atoms with Gasteiger partial charge < -0.3 is 5.11 Å². The summed E-state index contributed by atoms with van der Waals surface area (Å²) in [7, 11) is 0. The lowest BCUT2D eigenvalue weighted by atomic mass is 9.79. The minimum Gasteiger partial charge on any atom is -0.388 e. The molecule has 1 aliphatic carbocycles. The fraction of sp³-hybridized carbons (Fsp3) is 0.368. The van der Waals surface area contributed by atoms with Gasteiger partial charge in [-0.25, -0.2) is 4.39 Å². The molecule has 0 saturated heterocycles. The van der Waals surface area contributed by atoms with E-state index < -0.39 is 6.10 Å². The normalized spacial score (nSPS) is 19.1. The summed E-state index contributed by atoms with van der Waals surface area (Å²) in [6, 6.07) is 13.3. The Morgan fingerprint density at radius 1 is 1.24 bits per heavy atom. The molecule has 0 spiro atoms. The van der Waals surface area contributed by atoms with Crippen molar-refractivity contribution < 1.29 is 9.50 Å². The molecule has 1 nitrogen and oxygen atoms in total. The number of halogens is 1. The van der Waals surface area contributed by atoms with E-state index in [-0.39, 0.29) is 5.82 Å². The van der Waals surface area contributed by atoms with Gasteiger partial charge in [-0.1, -0.05) is 30.3 Å². The van der Waals surface area contributed by atoms with Crippen molar-refractivity contribution in [2.24, 2.45) is 0 Å². The van der Waals surface area contributed by atoms with E-state index in [1.807, 2.05) is 13.0 Å². The van der Waals surface area contributed by atoms with E-state index in [4.69, 9.17) is 0 Å². The van der Waals surface area contributed by atoms with Crippen LogP contribution in [-0.2, 0) is 6.42 Å². The molecule has 0 aromatic heterocycles. The van der Waals surface area contributed by atoms with E-state index in [0.717, 1.165) is 24.8 Å². The molecule has 2 aromatic rings. The molecule has 2 unspecified atom stereocenters. The van der Waals surface area contributed by atoms with Crippen molar-refractivity contribution in [1.29, 1.82) is 0 Å². The molecule has 0 fully saturated rings. The molecule has 2 atom stereocenters. The molecule has 1 aliphatic rings. The van der Waals surface area contributed by atoms with Gasteiger partial charge in [0, 0.05) is 0 Å². The van der Waals surface area contributed by atoms with Gasteiger partial charge in [0.1, 0.15) is 5.82 Å². The molecule has 0 heterocycles. The summed E-state index contributed by atoms with van der Waals surface area (Å²) >= 11 is 0. The zero-order valence-electron chi connectivity index (χ0n) is 12.3. The summed E-state index contributed by atoms with van der Waals surface area (Å²) in [5.74, 6) is 0.0987. The second kappa shape index (κ2) is 5.98. The topological polar surface area (TPSA) is 20.2 Å². The second-order valence-electron chi connectivity index (χ2n) is 6.10. The molecule has 110 valence electrons. The molecular formula is C19H21FO. The molecule has 2 heteroatoms. The van der Waals surface area contributed by atoms with E-state index in [1.165, 1.54) is 23.3 Å². The van der Waals surface area contributed by atoms with Gasteiger partial charge in [0.15, 0.2) is 0 Å². The average molecular weight is 284 g/mol. The minimum atomic E-state index is -0.601. The van der Waals surface area contributed by atoms with Crippen molar-refractivity contribution >= 4 is 0 Å². The Labute approximate surface area is 125 Å². The van der Waals surface area contributed by atoms with Gasteiger partial charge in [0.2, 0.25) is 0 Å². The summed E-state index contributed by atoms with van der Waals surface area (Å²) in [4.78, 5) is 0. The first-order chi connectivity index (χ1) is 10.1. The van der Waals surface area contributed by atoms with Crippen LogP contribution in [-0.4, -0.2) is 5.11 Å². The first-order valence-corrected chi connectivity index (χ1v) is 7.66. The van der Waals surface area contributed by atoms with E-state index in [2.05, 4.69) is 24.3 Å². The Bertz CT molecular complexity index is 615. The molecular weight excluding hydrogens is 263 g/mol. The molecule has 0 radical (unpaired) electrons. The van der Waals surface area contributed by atoms with Crippen molar-refractivity contribution in [2.45, 2.75) is 44.6 Å². The van der Waals surface area contributed by atoms with Crippen molar-refractivity contribution in [1.82, 2.24) is 0 Å². The SMILES string of the molecule is Cc1cc(F)cc(C(O)CC2CCCc3ccccc32)c1. The van der Waals surface area contributed by atoms with Gasteiger partial charge in [-0.15, -0.1) is 0 Å². The average Bonchev–Trinajstić information content (AvgIpc) is 2.46. The quantitative estimate of drug-likeness (QED) is 0.867. The summed E-state index contributed by atoms with van der Waals surface area (Å²) < 4.78 is 13.5. The smallest absolute Gasteiger partial charge is 0.123 e. The highest BCUT2D eigenvalue weighted by atomic mass is 19.1. The van der Waals surface area contributed by atoms with Crippen LogP contribution < -0.4 is 0 Å². The van der Waals surface area contributed by atoms with Gasteiger partial charge in [0.25, 0.3) is 0 Å². The van der Waals surface area contributed by atoms with Crippen molar-refractivity contribution in [3.8, 4) is 0 Å². The van der Waals surface area contributed by atoms with Crippen LogP contribution in [0.2, 0.25) is 0 Å². The Morgan fingerprint density at radius 2 is 2.05 bits per heavy atom. The highest BCUT2D eigenvalue weighted by molar-refractivity contribution is 5.33. The largest absolute Gasteiger partial charge is 0.388 e. The monoisotopic (exact) mass is 284 g/mol. The first kappa shape index (κ1) is 14.3. The zero-order valence-corrected chi connectivity index (χ0v) is 12.3. The second-order valence-corrected chi connectivity index (χ2v) is 6.10. The lowest BCUT2D eigenvalue weighted by Crippen LogP contribution is -2.13. The van der Waals surface area contributed by atoms with Gasteiger partial charge in [-0.2, -0.15) is 0 Å². The number of hydrogen-bond acceptors (Lipinski definition) is 1. The van der Waals surface area contributed by atoms with Gasteiger partial charge in [-0.3, -0.25) is 0 Å². The zero-order chi connectivity index (χ0) is 14.8. The fourth-order valence-corrected chi connectivity index (χ4v) is 3.46. The predicted molar refractivity (Wildman–Crippen MR) is 82.8 cm³/mol. The number of aliphatic hydroxyl groups excluding tert-OH is 1. The van der Waals surface area contributed by atoms with Crippen LogP contribution in [0.5, 0.6) is 0 Å². The molecule has 0 saturated carbocycles. The Kier molecular flexibility index (Phi) is 4.07. The highest BCUT2D eigenvalue weighted by Crippen LogP contribution is 2.37.